The van der Waals surface area contributed by atoms with Gasteiger partial charge in [0.25, 0.3) is 5.91 Å². The summed E-state index contributed by atoms with van der Waals surface area (Å²) in [4.78, 5) is 11.9. The van der Waals surface area contributed by atoms with E-state index in [2.05, 4.69) is 16.6 Å². The van der Waals surface area contributed by atoms with Crippen LogP contribution < -0.4 is 14.9 Å². The molecule has 2 aromatic carbocycles. The van der Waals surface area contributed by atoms with Crippen molar-refractivity contribution in [2.24, 2.45) is 0 Å². The van der Waals surface area contributed by atoms with Gasteiger partial charge in [0.2, 0.25) is 10.0 Å². The van der Waals surface area contributed by atoms with E-state index in [1.165, 1.54) is 41.5 Å². The van der Waals surface area contributed by atoms with Crippen molar-refractivity contribution in [2.75, 3.05) is 12.4 Å². The number of hydrogen-bond donors (Lipinski definition) is 3. The maximum Gasteiger partial charge on any atom is 0.262 e. The highest BCUT2D eigenvalue weighted by molar-refractivity contribution is 7.98. The third kappa shape index (κ3) is 7.44. The molecule has 0 saturated heterocycles. The van der Waals surface area contributed by atoms with Crippen molar-refractivity contribution in [2.45, 2.75) is 23.6 Å². The molecule has 0 saturated carbocycles. The number of nitrogens with one attached hydrogen (secondary N) is 2. The summed E-state index contributed by atoms with van der Waals surface area (Å²) < 4.78 is 32.9. The minimum absolute atomic E-state index is 0.0183. The number of amides is 1. The van der Waals surface area contributed by atoms with E-state index in [4.69, 9.17) is 9.94 Å². The standard InChI is InChI=1S/C20H22N2O5S2/c1-2-3-13-27-17-9-11-18(12-10-17)29(25,26)22-19(20(23)21-24)15-28-14-16-7-5-4-6-8-16/h4-12,19,22,24H,13-15H2,1H3,(H,21,23). The lowest BCUT2D eigenvalue weighted by atomic mass is 10.2. The summed E-state index contributed by atoms with van der Waals surface area (Å²) in [5.74, 6) is 5.85. The number of hydrogen-bond acceptors (Lipinski definition) is 6. The Kier molecular flexibility index (Phi) is 9.02. The lowest BCUT2D eigenvalue weighted by Gasteiger charge is -2.17. The number of sulfonamides is 1. The van der Waals surface area contributed by atoms with Crippen molar-refractivity contribution < 1.29 is 23.2 Å². The minimum atomic E-state index is -3.97. The van der Waals surface area contributed by atoms with Crippen molar-refractivity contribution in [1.82, 2.24) is 10.2 Å². The molecule has 7 nitrogen and oxygen atoms in total. The average molecular weight is 435 g/mol. The van der Waals surface area contributed by atoms with Gasteiger partial charge in [-0.2, -0.15) is 16.5 Å². The highest BCUT2D eigenvalue weighted by Crippen LogP contribution is 2.18. The highest BCUT2D eigenvalue weighted by Gasteiger charge is 2.25. The Hall–Kier alpha value is -2.51. The summed E-state index contributed by atoms with van der Waals surface area (Å²) in [5.41, 5.74) is 2.56. The molecule has 0 fully saturated rings. The van der Waals surface area contributed by atoms with Gasteiger partial charge in [-0.1, -0.05) is 36.3 Å². The largest absolute Gasteiger partial charge is 0.481 e. The molecule has 0 aliphatic carbocycles. The molecule has 1 amide bonds. The van der Waals surface area contributed by atoms with E-state index in [0.29, 0.717) is 11.5 Å². The Bertz CT molecular complexity index is 952. The van der Waals surface area contributed by atoms with Gasteiger partial charge in [-0.05, 0) is 36.8 Å². The summed E-state index contributed by atoms with van der Waals surface area (Å²) in [6.45, 7) is 1.90. The van der Waals surface area contributed by atoms with Gasteiger partial charge in [-0.25, -0.2) is 13.9 Å². The Balaban J connectivity index is 2.02. The molecule has 0 aliphatic rings. The fourth-order valence-corrected chi connectivity index (χ4v) is 4.59. The molecule has 0 aromatic heterocycles. The van der Waals surface area contributed by atoms with Crippen LogP contribution in [0.25, 0.3) is 0 Å². The molecule has 154 valence electrons. The number of rotatable bonds is 10. The zero-order chi connectivity index (χ0) is 21.1. The Morgan fingerprint density at radius 1 is 1.17 bits per heavy atom. The van der Waals surface area contributed by atoms with Gasteiger partial charge in [0.05, 0.1) is 4.90 Å². The second-order valence-corrected chi connectivity index (χ2v) is 8.58. The number of thioether (sulfide) groups is 1. The van der Waals surface area contributed by atoms with Gasteiger partial charge in [0.1, 0.15) is 18.4 Å². The first-order valence-electron chi connectivity index (χ1n) is 8.66. The van der Waals surface area contributed by atoms with Gasteiger partial charge in [-0.15, -0.1) is 5.92 Å². The molecule has 9 heteroatoms. The fraction of sp³-hybridized carbons (Fsp3) is 0.250. The van der Waals surface area contributed by atoms with Crippen LogP contribution in [0.2, 0.25) is 0 Å². The smallest absolute Gasteiger partial charge is 0.262 e. The molecule has 3 N–H and O–H groups in total. The SMILES string of the molecule is CC#CCOc1ccc(S(=O)(=O)NC(CSCc2ccccc2)C(=O)NO)cc1. The topological polar surface area (TPSA) is 105 Å². The van der Waals surface area contributed by atoms with Crippen LogP contribution in [0.5, 0.6) is 5.75 Å². The molecule has 0 radical (unpaired) electrons. The Morgan fingerprint density at radius 3 is 2.48 bits per heavy atom. The first-order chi connectivity index (χ1) is 14.0. The molecule has 0 aliphatic heterocycles. The molecule has 0 heterocycles. The van der Waals surface area contributed by atoms with E-state index in [1.807, 2.05) is 30.3 Å². The zero-order valence-corrected chi connectivity index (χ0v) is 17.4. The van der Waals surface area contributed by atoms with Crippen molar-refractivity contribution in [3.63, 3.8) is 0 Å². The van der Waals surface area contributed by atoms with E-state index in [-0.39, 0.29) is 17.3 Å². The lowest BCUT2D eigenvalue weighted by molar-refractivity contribution is -0.130. The molecule has 1 atom stereocenters. The quantitative estimate of drug-likeness (QED) is 0.301. The number of carbonyl (C=O) groups excluding carboxylic acids is 1. The average Bonchev–Trinajstić information content (AvgIpc) is 2.73. The van der Waals surface area contributed by atoms with E-state index in [0.717, 1.165) is 5.56 Å². The monoisotopic (exact) mass is 434 g/mol. The second-order valence-electron chi connectivity index (χ2n) is 5.84. The van der Waals surface area contributed by atoms with Crippen LogP contribution in [0, 0.1) is 11.8 Å². The van der Waals surface area contributed by atoms with Crippen LogP contribution in [-0.4, -0.2) is 37.9 Å². The molecule has 0 spiro atoms. The van der Waals surface area contributed by atoms with Gasteiger partial charge in [-0.3, -0.25) is 10.0 Å². The van der Waals surface area contributed by atoms with Crippen LogP contribution >= 0.6 is 11.8 Å². The third-order valence-electron chi connectivity index (χ3n) is 3.74. The molecule has 1 unspecified atom stereocenters. The van der Waals surface area contributed by atoms with Crippen molar-refractivity contribution in [1.29, 1.82) is 0 Å². The predicted octanol–water partition coefficient (Wildman–Crippen LogP) is 2.17. The summed E-state index contributed by atoms with van der Waals surface area (Å²) in [6.07, 6.45) is 0. The second kappa shape index (κ2) is 11.5. The Labute approximate surface area is 174 Å². The number of ether oxygens (including phenoxy) is 1. The van der Waals surface area contributed by atoms with Crippen molar-refractivity contribution in [3.8, 4) is 17.6 Å². The van der Waals surface area contributed by atoms with Crippen molar-refractivity contribution >= 4 is 27.7 Å². The van der Waals surface area contributed by atoms with Crippen molar-refractivity contribution in [3.05, 3.63) is 60.2 Å². The van der Waals surface area contributed by atoms with Gasteiger partial charge < -0.3 is 4.74 Å². The molecule has 2 rings (SSSR count). The number of hydroxylamine groups is 1. The van der Waals surface area contributed by atoms with Crippen LogP contribution in [0.4, 0.5) is 0 Å². The fourth-order valence-electron chi connectivity index (χ4n) is 2.27. The molecule has 2 aromatic rings. The summed E-state index contributed by atoms with van der Waals surface area (Å²) >= 11 is 1.38. The van der Waals surface area contributed by atoms with Crippen LogP contribution in [0.3, 0.4) is 0 Å². The first kappa shape index (κ1) is 22.8. The van der Waals surface area contributed by atoms with Crippen LogP contribution in [0.15, 0.2) is 59.5 Å². The van der Waals surface area contributed by atoms with E-state index >= 15 is 0 Å². The number of benzene rings is 2. The first-order valence-corrected chi connectivity index (χ1v) is 11.3. The predicted molar refractivity (Wildman–Crippen MR) is 112 cm³/mol. The minimum Gasteiger partial charge on any atom is -0.481 e. The summed E-state index contributed by atoms with van der Waals surface area (Å²) in [6, 6.07) is 14.2. The maximum absolute atomic E-state index is 12.6. The highest BCUT2D eigenvalue weighted by atomic mass is 32.2. The normalized spacial score (nSPS) is 11.8. The number of carbonyl (C=O) groups is 1. The van der Waals surface area contributed by atoms with Crippen LogP contribution in [0.1, 0.15) is 12.5 Å². The molecule has 0 bridgehead atoms. The maximum atomic E-state index is 12.6. The van der Waals surface area contributed by atoms with E-state index in [9.17, 15) is 13.2 Å². The van der Waals surface area contributed by atoms with Gasteiger partial charge in [0.15, 0.2) is 0 Å². The van der Waals surface area contributed by atoms with Gasteiger partial charge >= 0.3 is 0 Å². The molecular weight excluding hydrogens is 412 g/mol. The van der Waals surface area contributed by atoms with E-state index in [1.54, 1.807) is 6.92 Å². The molecular formula is C20H22N2O5S2. The van der Waals surface area contributed by atoms with E-state index < -0.39 is 22.0 Å². The summed E-state index contributed by atoms with van der Waals surface area (Å²) in [7, 11) is -3.97. The zero-order valence-electron chi connectivity index (χ0n) is 15.8. The Morgan fingerprint density at radius 2 is 1.86 bits per heavy atom. The third-order valence-corrected chi connectivity index (χ3v) is 6.34. The lowest BCUT2D eigenvalue weighted by Crippen LogP contribution is -2.47. The summed E-state index contributed by atoms with van der Waals surface area (Å²) in [5, 5.41) is 8.96. The van der Waals surface area contributed by atoms with Crippen LogP contribution in [-0.2, 0) is 20.6 Å². The molecule has 29 heavy (non-hydrogen) atoms. The van der Waals surface area contributed by atoms with Gasteiger partial charge in [0, 0.05) is 11.5 Å².